The Kier molecular flexibility index (Phi) is 3.76. The maximum absolute atomic E-state index is 11.3. The molecule has 0 spiro atoms. The molecule has 0 aliphatic rings. The van der Waals surface area contributed by atoms with E-state index in [1.165, 1.54) is 0 Å². The van der Waals surface area contributed by atoms with Gasteiger partial charge in [-0.05, 0) is 19.1 Å². The SMILES string of the molecule is CC(CS(C)=O)n1cncc1-c1cccnc1N. The summed E-state index contributed by atoms with van der Waals surface area (Å²) in [7, 11) is -0.846. The predicted octanol–water partition coefficient (Wildman–Crippen LogP) is 1.47. The van der Waals surface area contributed by atoms with Crippen LogP contribution in [0.5, 0.6) is 0 Å². The summed E-state index contributed by atoms with van der Waals surface area (Å²) in [6, 6.07) is 3.85. The van der Waals surface area contributed by atoms with Gasteiger partial charge in [-0.2, -0.15) is 0 Å². The molecule has 0 radical (unpaired) electrons. The lowest BCUT2D eigenvalue weighted by Gasteiger charge is -2.16. The Labute approximate surface area is 109 Å². The number of pyridine rings is 1. The second-order valence-electron chi connectivity index (χ2n) is 4.21. The van der Waals surface area contributed by atoms with Gasteiger partial charge < -0.3 is 10.3 Å². The second kappa shape index (κ2) is 5.30. The van der Waals surface area contributed by atoms with Crippen LogP contribution < -0.4 is 5.73 Å². The molecular weight excluding hydrogens is 248 g/mol. The van der Waals surface area contributed by atoms with Gasteiger partial charge in [0.05, 0.1) is 18.2 Å². The zero-order chi connectivity index (χ0) is 13.1. The number of hydrogen-bond acceptors (Lipinski definition) is 4. The van der Waals surface area contributed by atoms with E-state index in [1.54, 1.807) is 25.0 Å². The van der Waals surface area contributed by atoms with Gasteiger partial charge in [-0.25, -0.2) is 9.97 Å². The summed E-state index contributed by atoms with van der Waals surface area (Å²) in [6.45, 7) is 2.01. The highest BCUT2D eigenvalue weighted by molar-refractivity contribution is 7.84. The normalized spacial score (nSPS) is 14.3. The lowest BCUT2D eigenvalue weighted by Crippen LogP contribution is -2.13. The van der Waals surface area contributed by atoms with E-state index in [1.807, 2.05) is 23.6 Å². The molecule has 2 heterocycles. The van der Waals surface area contributed by atoms with Crippen molar-refractivity contribution in [1.82, 2.24) is 14.5 Å². The van der Waals surface area contributed by atoms with Crippen molar-refractivity contribution >= 4 is 16.6 Å². The van der Waals surface area contributed by atoms with Crippen molar-refractivity contribution in [1.29, 1.82) is 0 Å². The van der Waals surface area contributed by atoms with Gasteiger partial charge in [0.25, 0.3) is 0 Å². The van der Waals surface area contributed by atoms with E-state index in [4.69, 9.17) is 5.73 Å². The first-order valence-corrected chi connectivity index (χ1v) is 7.35. The molecule has 6 heteroatoms. The monoisotopic (exact) mass is 264 g/mol. The fourth-order valence-corrected chi connectivity index (χ4v) is 2.76. The molecular formula is C12H16N4OS. The van der Waals surface area contributed by atoms with E-state index in [0.717, 1.165) is 11.3 Å². The van der Waals surface area contributed by atoms with E-state index in [2.05, 4.69) is 9.97 Å². The van der Waals surface area contributed by atoms with Crippen molar-refractivity contribution in [3.63, 3.8) is 0 Å². The molecule has 0 aliphatic heterocycles. The molecule has 2 aromatic heterocycles. The summed E-state index contributed by atoms with van der Waals surface area (Å²) in [4.78, 5) is 8.22. The molecule has 2 aromatic rings. The molecule has 2 rings (SSSR count). The van der Waals surface area contributed by atoms with Gasteiger partial charge in [-0.3, -0.25) is 4.21 Å². The van der Waals surface area contributed by atoms with Crippen molar-refractivity contribution in [2.75, 3.05) is 17.7 Å². The summed E-state index contributed by atoms with van der Waals surface area (Å²) >= 11 is 0. The third kappa shape index (κ3) is 2.59. The van der Waals surface area contributed by atoms with Crippen LogP contribution in [0, 0.1) is 0 Å². The summed E-state index contributed by atoms with van der Waals surface area (Å²) in [5, 5.41) is 0. The van der Waals surface area contributed by atoms with Crippen LogP contribution in [-0.2, 0) is 10.8 Å². The molecule has 0 aliphatic carbocycles. The minimum atomic E-state index is -0.846. The zero-order valence-electron chi connectivity index (χ0n) is 10.4. The average Bonchev–Trinajstić information content (AvgIpc) is 2.77. The zero-order valence-corrected chi connectivity index (χ0v) is 11.2. The van der Waals surface area contributed by atoms with Gasteiger partial charge in [-0.15, -0.1) is 0 Å². The van der Waals surface area contributed by atoms with Gasteiger partial charge in [0.2, 0.25) is 0 Å². The van der Waals surface area contributed by atoms with Gasteiger partial charge in [0.1, 0.15) is 5.82 Å². The summed E-state index contributed by atoms with van der Waals surface area (Å²) < 4.78 is 13.3. The maximum Gasteiger partial charge on any atom is 0.132 e. The third-order valence-electron chi connectivity index (χ3n) is 2.73. The molecule has 0 saturated heterocycles. The first-order valence-electron chi connectivity index (χ1n) is 5.62. The number of imidazole rings is 1. The minimum absolute atomic E-state index is 0.105. The largest absolute Gasteiger partial charge is 0.383 e. The molecule has 18 heavy (non-hydrogen) atoms. The van der Waals surface area contributed by atoms with E-state index < -0.39 is 10.8 Å². The highest BCUT2D eigenvalue weighted by atomic mass is 32.2. The van der Waals surface area contributed by atoms with Crippen molar-refractivity contribution in [2.24, 2.45) is 0 Å². The molecule has 96 valence electrons. The highest BCUT2D eigenvalue weighted by Crippen LogP contribution is 2.26. The summed E-state index contributed by atoms with van der Waals surface area (Å²) in [5.41, 5.74) is 7.62. The van der Waals surface area contributed by atoms with Crippen molar-refractivity contribution < 1.29 is 4.21 Å². The van der Waals surface area contributed by atoms with E-state index in [0.29, 0.717) is 11.6 Å². The lowest BCUT2D eigenvalue weighted by molar-refractivity contribution is 0.601. The maximum atomic E-state index is 11.3. The first-order chi connectivity index (χ1) is 8.59. The van der Waals surface area contributed by atoms with Gasteiger partial charge in [0.15, 0.2) is 0 Å². The Bertz CT molecular complexity index is 567. The van der Waals surface area contributed by atoms with Crippen molar-refractivity contribution in [2.45, 2.75) is 13.0 Å². The van der Waals surface area contributed by atoms with E-state index >= 15 is 0 Å². The van der Waals surface area contributed by atoms with Crippen LogP contribution in [0.1, 0.15) is 13.0 Å². The Hall–Kier alpha value is -1.69. The number of rotatable bonds is 4. The Morgan fingerprint density at radius 2 is 2.33 bits per heavy atom. The van der Waals surface area contributed by atoms with Crippen LogP contribution in [0.3, 0.4) is 0 Å². The average molecular weight is 264 g/mol. The highest BCUT2D eigenvalue weighted by Gasteiger charge is 2.14. The number of hydrogen-bond donors (Lipinski definition) is 1. The van der Waals surface area contributed by atoms with Crippen LogP contribution in [0.25, 0.3) is 11.3 Å². The van der Waals surface area contributed by atoms with E-state index in [-0.39, 0.29) is 6.04 Å². The molecule has 0 aromatic carbocycles. The molecule has 2 N–H and O–H groups in total. The Balaban J connectivity index is 2.39. The van der Waals surface area contributed by atoms with Crippen molar-refractivity contribution in [3.05, 3.63) is 30.9 Å². The van der Waals surface area contributed by atoms with Crippen LogP contribution in [0.2, 0.25) is 0 Å². The van der Waals surface area contributed by atoms with Gasteiger partial charge in [0, 0.05) is 40.6 Å². The Morgan fingerprint density at radius 1 is 1.56 bits per heavy atom. The smallest absolute Gasteiger partial charge is 0.132 e. The predicted molar refractivity (Wildman–Crippen MR) is 73.5 cm³/mol. The second-order valence-corrected chi connectivity index (χ2v) is 5.69. The molecule has 0 fully saturated rings. The number of nitrogen functional groups attached to an aromatic ring is 1. The summed E-state index contributed by atoms with van der Waals surface area (Å²) in [5.74, 6) is 1.06. The van der Waals surface area contributed by atoms with E-state index in [9.17, 15) is 4.21 Å². The fourth-order valence-electron chi connectivity index (χ4n) is 1.92. The number of nitrogens with zero attached hydrogens (tertiary/aromatic N) is 3. The minimum Gasteiger partial charge on any atom is -0.383 e. The molecule has 0 amide bonds. The van der Waals surface area contributed by atoms with Crippen LogP contribution in [0.4, 0.5) is 5.82 Å². The van der Waals surface area contributed by atoms with Crippen LogP contribution in [0.15, 0.2) is 30.9 Å². The van der Waals surface area contributed by atoms with Crippen LogP contribution >= 0.6 is 0 Å². The molecule has 2 unspecified atom stereocenters. The molecule has 2 atom stereocenters. The quantitative estimate of drug-likeness (QED) is 0.907. The summed E-state index contributed by atoms with van der Waals surface area (Å²) in [6.07, 6.45) is 6.84. The van der Waals surface area contributed by atoms with Gasteiger partial charge >= 0.3 is 0 Å². The molecule has 5 nitrogen and oxygen atoms in total. The van der Waals surface area contributed by atoms with Crippen LogP contribution in [-0.4, -0.2) is 30.8 Å². The number of nitrogens with two attached hydrogens (primary N) is 1. The number of aromatic nitrogens is 3. The fraction of sp³-hybridized carbons (Fsp3) is 0.333. The lowest BCUT2D eigenvalue weighted by atomic mass is 10.2. The topological polar surface area (TPSA) is 73.8 Å². The standard InChI is InChI=1S/C12H16N4OS/c1-9(7-18(2)17)16-8-14-6-11(16)10-4-3-5-15-12(10)13/h3-6,8-9H,7H2,1-2H3,(H2,13,15). The Morgan fingerprint density at radius 3 is 3.00 bits per heavy atom. The first kappa shape index (κ1) is 12.8. The van der Waals surface area contributed by atoms with Gasteiger partial charge in [-0.1, -0.05) is 0 Å². The third-order valence-corrected chi connectivity index (χ3v) is 3.68. The van der Waals surface area contributed by atoms with Crippen molar-refractivity contribution in [3.8, 4) is 11.3 Å². The molecule has 0 saturated carbocycles. The molecule has 0 bridgehead atoms. The number of anilines is 1.